The molecule has 2 nitrogen and oxygen atoms in total. The van der Waals surface area contributed by atoms with Gasteiger partial charge in [0.15, 0.2) is 0 Å². The van der Waals surface area contributed by atoms with Crippen LogP contribution in [0.4, 0.5) is 4.39 Å². The summed E-state index contributed by atoms with van der Waals surface area (Å²) in [7, 11) is 3.19. The molecule has 20 heavy (non-hydrogen) atoms. The summed E-state index contributed by atoms with van der Waals surface area (Å²) < 4.78 is 23.8. The zero-order chi connectivity index (χ0) is 14.7. The van der Waals surface area contributed by atoms with Crippen LogP contribution in [0.3, 0.4) is 0 Å². The first kappa shape index (κ1) is 15.1. The van der Waals surface area contributed by atoms with Gasteiger partial charge in [-0.1, -0.05) is 39.7 Å². The van der Waals surface area contributed by atoms with Gasteiger partial charge in [0.05, 0.1) is 24.1 Å². The van der Waals surface area contributed by atoms with E-state index < -0.39 is 5.82 Å². The number of alkyl halides is 1. The summed E-state index contributed by atoms with van der Waals surface area (Å²) in [5.74, 6) is 0.964. The zero-order valence-electron chi connectivity index (χ0n) is 11.0. The number of halogens is 3. The van der Waals surface area contributed by atoms with Crippen LogP contribution >= 0.6 is 27.5 Å². The van der Waals surface area contributed by atoms with Crippen LogP contribution in [-0.4, -0.2) is 14.2 Å². The number of rotatable bonds is 4. The number of hydrogen-bond donors (Lipinski definition) is 0. The smallest absolute Gasteiger partial charge is 0.141 e. The SMILES string of the molecule is COc1ccc(C(Br)c2ccc(F)c(Cl)c2)c(OC)c1. The first-order valence-electron chi connectivity index (χ1n) is 5.87. The highest BCUT2D eigenvalue weighted by Gasteiger charge is 2.17. The fraction of sp³-hybridized carbons (Fsp3) is 0.200. The Labute approximate surface area is 130 Å². The number of benzene rings is 2. The molecule has 0 heterocycles. The molecule has 0 saturated heterocycles. The molecule has 5 heteroatoms. The van der Waals surface area contributed by atoms with Gasteiger partial charge in [0.2, 0.25) is 0 Å². The van der Waals surface area contributed by atoms with Gasteiger partial charge >= 0.3 is 0 Å². The van der Waals surface area contributed by atoms with E-state index in [1.54, 1.807) is 32.4 Å². The monoisotopic (exact) mass is 358 g/mol. The first-order valence-corrected chi connectivity index (χ1v) is 7.17. The molecule has 0 spiro atoms. The van der Waals surface area contributed by atoms with E-state index >= 15 is 0 Å². The van der Waals surface area contributed by atoms with Crippen LogP contribution in [-0.2, 0) is 0 Å². The van der Waals surface area contributed by atoms with E-state index in [0.29, 0.717) is 11.5 Å². The lowest BCUT2D eigenvalue weighted by molar-refractivity contribution is 0.391. The highest BCUT2D eigenvalue weighted by Crippen LogP contribution is 2.39. The van der Waals surface area contributed by atoms with Gasteiger partial charge < -0.3 is 9.47 Å². The van der Waals surface area contributed by atoms with Gasteiger partial charge in [0.1, 0.15) is 17.3 Å². The fourth-order valence-corrected chi connectivity index (χ4v) is 2.73. The largest absolute Gasteiger partial charge is 0.497 e. The van der Waals surface area contributed by atoms with Crippen LogP contribution in [0.15, 0.2) is 36.4 Å². The first-order chi connectivity index (χ1) is 9.56. The van der Waals surface area contributed by atoms with Crippen molar-refractivity contribution in [2.24, 2.45) is 0 Å². The van der Waals surface area contributed by atoms with Crippen molar-refractivity contribution in [3.8, 4) is 11.5 Å². The zero-order valence-corrected chi connectivity index (χ0v) is 13.3. The number of hydrogen-bond acceptors (Lipinski definition) is 2. The molecular formula is C15H13BrClFO2. The maximum absolute atomic E-state index is 13.2. The molecule has 0 aliphatic carbocycles. The van der Waals surface area contributed by atoms with Crippen molar-refractivity contribution >= 4 is 27.5 Å². The highest BCUT2D eigenvalue weighted by atomic mass is 79.9. The van der Waals surface area contributed by atoms with Crippen LogP contribution in [0.5, 0.6) is 11.5 Å². The second-order valence-electron chi connectivity index (χ2n) is 4.14. The van der Waals surface area contributed by atoms with Crippen molar-refractivity contribution < 1.29 is 13.9 Å². The molecule has 0 N–H and O–H groups in total. The lowest BCUT2D eigenvalue weighted by atomic mass is 10.0. The lowest BCUT2D eigenvalue weighted by Crippen LogP contribution is -1.98. The summed E-state index contributed by atoms with van der Waals surface area (Å²) in [4.78, 5) is -0.151. The summed E-state index contributed by atoms with van der Waals surface area (Å²) in [6.45, 7) is 0. The molecule has 0 aliphatic heterocycles. The minimum absolute atomic E-state index is 0.0967. The molecular weight excluding hydrogens is 347 g/mol. The Morgan fingerprint density at radius 2 is 1.85 bits per heavy atom. The summed E-state index contributed by atoms with van der Waals surface area (Å²) in [6.07, 6.45) is 0. The summed E-state index contributed by atoms with van der Waals surface area (Å²) in [5, 5.41) is 0.0967. The third-order valence-corrected chi connectivity index (χ3v) is 4.26. The minimum atomic E-state index is -0.434. The van der Waals surface area contributed by atoms with Crippen LogP contribution in [0, 0.1) is 5.82 Å². The molecule has 0 bridgehead atoms. The Balaban J connectivity index is 2.41. The Morgan fingerprint density at radius 3 is 2.45 bits per heavy atom. The highest BCUT2D eigenvalue weighted by molar-refractivity contribution is 9.09. The second-order valence-corrected chi connectivity index (χ2v) is 5.47. The predicted molar refractivity (Wildman–Crippen MR) is 81.7 cm³/mol. The molecule has 0 saturated carbocycles. The second kappa shape index (κ2) is 6.46. The van der Waals surface area contributed by atoms with E-state index in [1.165, 1.54) is 6.07 Å². The number of ether oxygens (including phenoxy) is 2. The summed E-state index contributed by atoms with van der Waals surface area (Å²) in [6, 6.07) is 10.2. The van der Waals surface area contributed by atoms with Crippen molar-refractivity contribution in [1.29, 1.82) is 0 Å². The van der Waals surface area contributed by atoms with Gasteiger partial charge in [-0.25, -0.2) is 4.39 Å². The molecule has 106 valence electrons. The average molecular weight is 360 g/mol. The predicted octanol–water partition coefficient (Wildman–Crippen LogP) is 4.98. The quantitative estimate of drug-likeness (QED) is 0.717. The Kier molecular flexibility index (Phi) is 4.89. The van der Waals surface area contributed by atoms with Gasteiger partial charge in [0, 0.05) is 11.6 Å². The van der Waals surface area contributed by atoms with Gasteiger partial charge in [-0.3, -0.25) is 0 Å². The Bertz CT molecular complexity index is 619. The van der Waals surface area contributed by atoms with Gasteiger partial charge in [-0.05, 0) is 23.8 Å². The van der Waals surface area contributed by atoms with Crippen LogP contribution in [0.2, 0.25) is 5.02 Å². The molecule has 1 atom stereocenters. The van der Waals surface area contributed by atoms with E-state index in [9.17, 15) is 4.39 Å². The molecule has 0 fully saturated rings. The van der Waals surface area contributed by atoms with E-state index in [4.69, 9.17) is 21.1 Å². The maximum Gasteiger partial charge on any atom is 0.141 e. The normalized spacial score (nSPS) is 12.1. The van der Waals surface area contributed by atoms with Gasteiger partial charge in [-0.2, -0.15) is 0 Å². The maximum atomic E-state index is 13.2. The van der Waals surface area contributed by atoms with Crippen LogP contribution in [0.1, 0.15) is 16.0 Å². The molecule has 0 radical (unpaired) electrons. The standard InChI is InChI=1S/C15H13BrClFO2/c1-19-10-4-5-11(14(8-10)20-2)15(16)9-3-6-13(18)12(17)7-9/h3-8,15H,1-2H3. The molecule has 2 aromatic rings. The molecule has 1 unspecified atom stereocenters. The summed E-state index contributed by atoms with van der Waals surface area (Å²) >= 11 is 9.41. The molecule has 0 aromatic heterocycles. The van der Waals surface area contributed by atoms with Crippen molar-refractivity contribution in [2.75, 3.05) is 14.2 Å². The van der Waals surface area contributed by atoms with Crippen molar-refractivity contribution in [3.63, 3.8) is 0 Å². The van der Waals surface area contributed by atoms with Gasteiger partial charge in [0.25, 0.3) is 0 Å². The Hall–Kier alpha value is -1.26. The molecule has 2 aromatic carbocycles. The van der Waals surface area contributed by atoms with Crippen molar-refractivity contribution in [1.82, 2.24) is 0 Å². The van der Waals surface area contributed by atoms with Crippen molar-refractivity contribution in [3.05, 3.63) is 58.4 Å². The lowest BCUT2D eigenvalue weighted by Gasteiger charge is -2.16. The van der Waals surface area contributed by atoms with Crippen LogP contribution < -0.4 is 9.47 Å². The third kappa shape index (κ3) is 3.07. The van der Waals surface area contributed by atoms with E-state index in [1.807, 2.05) is 12.1 Å². The molecule has 2 rings (SSSR count). The fourth-order valence-electron chi connectivity index (χ4n) is 1.88. The molecule has 0 amide bonds. The minimum Gasteiger partial charge on any atom is -0.497 e. The van der Waals surface area contributed by atoms with E-state index in [2.05, 4.69) is 15.9 Å². The third-order valence-electron chi connectivity index (χ3n) is 2.95. The average Bonchev–Trinajstić information content (AvgIpc) is 2.48. The van der Waals surface area contributed by atoms with E-state index in [-0.39, 0.29) is 9.85 Å². The molecule has 0 aliphatic rings. The van der Waals surface area contributed by atoms with Gasteiger partial charge in [-0.15, -0.1) is 0 Å². The van der Waals surface area contributed by atoms with Crippen LogP contribution in [0.25, 0.3) is 0 Å². The Morgan fingerprint density at radius 1 is 1.10 bits per heavy atom. The topological polar surface area (TPSA) is 18.5 Å². The van der Waals surface area contributed by atoms with Crippen molar-refractivity contribution in [2.45, 2.75) is 4.83 Å². The summed E-state index contributed by atoms with van der Waals surface area (Å²) in [5.41, 5.74) is 1.76. The van der Waals surface area contributed by atoms with E-state index in [0.717, 1.165) is 11.1 Å². The number of methoxy groups -OCH3 is 2.